The molecule has 0 radical (unpaired) electrons. The van der Waals surface area contributed by atoms with Gasteiger partial charge in [-0.2, -0.15) is 0 Å². The van der Waals surface area contributed by atoms with Crippen LogP contribution in [-0.4, -0.2) is 36.1 Å². The molecule has 1 saturated heterocycles. The molecule has 3 nitrogen and oxygen atoms in total. The Morgan fingerprint density at radius 3 is 3.20 bits per heavy atom. The van der Waals surface area contributed by atoms with E-state index in [1.807, 2.05) is 11.6 Å². The van der Waals surface area contributed by atoms with Crippen molar-refractivity contribution in [2.75, 3.05) is 20.1 Å². The SMILES string of the molecule is CC(NC1CCCN(C)C1)c1nccs1. The van der Waals surface area contributed by atoms with Crippen molar-refractivity contribution in [3.8, 4) is 0 Å². The Morgan fingerprint density at radius 2 is 2.53 bits per heavy atom. The van der Waals surface area contributed by atoms with Crippen LogP contribution in [0.3, 0.4) is 0 Å². The molecule has 0 aromatic carbocycles. The molecule has 1 fully saturated rings. The number of nitrogens with one attached hydrogen (secondary N) is 1. The van der Waals surface area contributed by atoms with Gasteiger partial charge in [0.05, 0.1) is 6.04 Å². The number of likely N-dealkylation sites (tertiary alicyclic amines) is 1. The summed E-state index contributed by atoms with van der Waals surface area (Å²) < 4.78 is 0. The Bertz CT molecular complexity index is 286. The van der Waals surface area contributed by atoms with Crippen molar-refractivity contribution in [3.63, 3.8) is 0 Å². The number of aromatic nitrogens is 1. The van der Waals surface area contributed by atoms with E-state index in [0.717, 1.165) is 6.54 Å². The van der Waals surface area contributed by atoms with E-state index in [9.17, 15) is 0 Å². The van der Waals surface area contributed by atoms with Crippen LogP contribution in [0.4, 0.5) is 0 Å². The van der Waals surface area contributed by atoms with Gasteiger partial charge in [-0.1, -0.05) is 0 Å². The van der Waals surface area contributed by atoms with Crippen LogP contribution in [0, 0.1) is 0 Å². The first-order valence-electron chi connectivity index (χ1n) is 5.59. The van der Waals surface area contributed by atoms with Crippen LogP contribution in [0.15, 0.2) is 11.6 Å². The average Bonchev–Trinajstić information content (AvgIpc) is 2.70. The summed E-state index contributed by atoms with van der Waals surface area (Å²) in [5.41, 5.74) is 0. The first-order valence-corrected chi connectivity index (χ1v) is 6.47. The first kappa shape index (κ1) is 11.0. The fourth-order valence-electron chi connectivity index (χ4n) is 2.18. The largest absolute Gasteiger partial charge is 0.305 e. The minimum atomic E-state index is 0.390. The lowest BCUT2D eigenvalue weighted by atomic mass is 10.1. The molecular weight excluding hydrogens is 206 g/mol. The van der Waals surface area contributed by atoms with Crippen molar-refractivity contribution < 1.29 is 0 Å². The van der Waals surface area contributed by atoms with E-state index < -0.39 is 0 Å². The van der Waals surface area contributed by atoms with Crippen LogP contribution in [0.1, 0.15) is 30.8 Å². The molecule has 2 atom stereocenters. The summed E-state index contributed by atoms with van der Waals surface area (Å²) in [6.45, 7) is 4.60. The first-order chi connectivity index (χ1) is 7.25. The molecule has 1 N–H and O–H groups in total. The second kappa shape index (κ2) is 5.05. The summed E-state index contributed by atoms with van der Waals surface area (Å²) in [4.78, 5) is 6.74. The third-order valence-electron chi connectivity index (χ3n) is 2.93. The molecular formula is C11H19N3S. The molecule has 0 aliphatic carbocycles. The van der Waals surface area contributed by atoms with Crippen molar-refractivity contribution in [2.24, 2.45) is 0 Å². The smallest absolute Gasteiger partial charge is 0.109 e. The topological polar surface area (TPSA) is 28.2 Å². The van der Waals surface area contributed by atoms with Crippen LogP contribution in [0.25, 0.3) is 0 Å². The lowest BCUT2D eigenvalue weighted by molar-refractivity contribution is 0.218. The summed E-state index contributed by atoms with van der Waals surface area (Å²) >= 11 is 1.73. The standard InChI is InChI=1S/C11H19N3S/c1-9(11-12-5-7-15-11)13-10-4-3-6-14(2)8-10/h5,7,9-10,13H,3-4,6,8H2,1-2H3. The van der Waals surface area contributed by atoms with E-state index in [4.69, 9.17) is 0 Å². The summed E-state index contributed by atoms with van der Waals surface area (Å²) in [6, 6.07) is 1.02. The van der Waals surface area contributed by atoms with Gasteiger partial charge in [0, 0.05) is 24.2 Å². The normalized spacial score (nSPS) is 25.3. The molecule has 0 amide bonds. The van der Waals surface area contributed by atoms with Crippen molar-refractivity contribution in [2.45, 2.75) is 31.8 Å². The molecule has 2 heterocycles. The Balaban J connectivity index is 1.86. The van der Waals surface area contributed by atoms with E-state index in [-0.39, 0.29) is 0 Å². The van der Waals surface area contributed by atoms with Gasteiger partial charge >= 0.3 is 0 Å². The second-order valence-corrected chi connectivity index (χ2v) is 5.29. The van der Waals surface area contributed by atoms with Crippen LogP contribution in [0.5, 0.6) is 0 Å². The summed E-state index contributed by atoms with van der Waals surface area (Å²) in [7, 11) is 2.20. The van der Waals surface area contributed by atoms with E-state index in [1.54, 1.807) is 11.3 Å². The van der Waals surface area contributed by atoms with Crippen LogP contribution < -0.4 is 5.32 Å². The van der Waals surface area contributed by atoms with E-state index in [1.165, 1.54) is 24.4 Å². The highest BCUT2D eigenvalue weighted by molar-refractivity contribution is 7.09. The van der Waals surface area contributed by atoms with E-state index in [0.29, 0.717) is 12.1 Å². The number of likely N-dealkylation sites (N-methyl/N-ethyl adjacent to an activating group) is 1. The lowest BCUT2D eigenvalue weighted by Gasteiger charge is -2.31. The average molecular weight is 225 g/mol. The number of nitrogens with zero attached hydrogens (tertiary/aromatic N) is 2. The van der Waals surface area contributed by atoms with Crippen LogP contribution in [0.2, 0.25) is 0 Å². The van der Waals surface area contributed by atoms with Crippen molar-refractivity contribution in [1.29, 1.82) is 0 Å². The van der Waals surface area contributed by atoms with Crippen LogP contribution >= 0.6 is 11.3 Å². The molecule has 4 heteroatoms. The highest BCUT2D eigenvalue weighted by Crippen LogP contribution is 2.17. The molecule has 0 spiro atoms. The molecule has 1 aromatic heterocycles. The minimum absolute atomic E-state index is 0.390. The second-order valence-electron chi connectivity index (χ2n) is 4.36. The third-order valence-corrected chi connectivity index (χ3v) is 3.89. The van der Waals surface area contributed by atoms with E-state index >= 15 is 0 Å². The Hall–Kier alpha value is -0.450. The molecule has 1 aliphatic heterocycles. The number of hydrogen-bond acceptors (Lipinski definition) is 4. The van der Waals surface area contributed by atoms with Crippen molar-refractivity contribution >= 4 is 11.3 Å². The predicted molar refractivity (Wildman–Crippen MR) is 64.2 cm³/mol. The molecule has 0 saturated carbocycles. The summed E-state index contributed by atoms with van der Waals surface area (Å²) in [5, 5.41) is 6.90. The highest BCUT2D eigenvalue weighted by Gasteiger charge is 2.19. The van der Waals surface area contributed by atoms with Gasteiger partial charge in [-0.05, 0) is 33.4 Å². The van der Waals surface area contributed by atoms with Crippen molar-refractivity contribution in [1.82, 2.24) is 15.2 Å². The molecule has 84 valence electrons. The van der Waals surface area contributed by atoms with Gasteiger partial charge in [-0.3, -0.25) is 0 Å². The maximum absolute atomic E-state index is 4.34. The molecule has 2 unspecified atom stereocenters. The number of piperidine rings is 1. The Morgan fingerprint density at radius 1 is 1.67 bits per heavy atom. The van der Waals surface area contributed by atoms with E-state index in [2.05, 4.69) is 29.2 Å². The molecule has 2 rings (SSSR count). The zero-order valence-electron chi connectivity index (χ0n) is 9.44. The zero-order chi connectivity index (χ0) is 10.7. The van der Waals surface area contributed by atoms with Gasteiger partial charge in [0.15, 0.2) is 0 Å². The fraction of sp³-hybridized carbons (Fsp3) is 0.727. The Kier molecular flexibility index (Phi) is 3.72. The van der Waals surface area contributed by atoms with Crippen molar-refractivity contribution in [3.05, 3.63) is 16.6 Å². The monoisotopic (exact) mass is 225 g/mol. The summed E-state index contributed by atoms with van der Waals surface area (Å²) in [5.74, 6) is 0. The number of hydrogen-bond donors (Lipinski definition) is 1. The minimum Gasteiger partial charge on any atom is -0.305 e. The van der Waals surface area contributed by atoms with Crippen LogP contribution in [-0.2, 0) is 0 Å². The highest BCUT2D eigenvalue weighted by atomic mass is 32.1. The molecule has 0 bridgehead atoms. The molecule has 1 aliphatic rings. The van der Waals surface area contributed by atoms with Gasteiger partial charge in [0.1, 0.15) is 5.01 Å². The maximum atomic E-state index is 4.34. The molecule has 15 heavy (non-hydrogen) atoms. The Labute approximate surface area is 95.5 Å². The van der Waals surface area contributed by atoms with Gasteiger partial charge in [0.25, 0.3) is 0 Å². The van der Waals surface area contributed by atoms with Gasteiger partial charge in [-0.25, -0.2) is 4.98 Å². The fourth-order valence-corrected chi connectivity index (χ4v) is 2.83. The van der Waals surface area contributed by atoms with Gasteiger partial charge in [-0.15, -0.1) is 11.3 Å². The maximum Gasteiger partial charge on any atom is 0.109 e. The zero-order valence-corrected chi connectivity index (χ0v) is 10.3. The molecule has 1 aromatic rings. The number of rotatable bonds is 3. The lowest BCUT2D eigenvalue weighted by Crippen LogP contribution is -2.44. The summed E-state index contributed by atoms with van der Waals surface area (Å²) in [6.07, 6.45) is 4.48. The predicted octanol–water partition coefficient (Wildman–Crippen LogP) is 1.89. The quantitative estimate of drug-likeness (QED) is 0.851. The van der Waals surface area contributed by atoms with Gasteiger partial charge in [0.2, 0.25) is 0 Å². The third kappa shape index (κ3) is 3.00. The van der Waals surface area contributed by atoms with Gasteiger partial charge < -0.3 is 10.2 Å². The number of thiazole rings is 1.